The number of nitrogens with one attached hydrogen (secondary N) is 2. The summed E-state index contributed by atoms with van der Waals surface area (Å²) in [5.41, 5.74) is 1.24. The molecule has 3 aromatic rings. The van der Waals surface area contributed by atoms with Crippen molar-refractivity contribution in [2.45, 2.75) is 9.10 Å². The second-order valence-electron chi connectivity index (χ2n) is 5.26. The van der Waals surface area contributed by atoms with E-state index in [0.717, 1.165) is 10.6 Å². The molecule has 8 heteroatoms. The number of carbonyl (C=O) groups excluding carboxylic acids is 1. The second-order valence-corrected chi connectivity index (χ2v) is 9.17. The van der Waals surface area contributed by atoms with Gasteiger partial charge in [-0.05, 0) is 47.8 Å². The Morgan fingerprint density at radius 2 is 1.65 bits per heavy atom. The molecule has 0 radical (unpaired) electrons. The molecule has 1 heterocycles. The Hall–Kier alpha value is -2.29. The molecule has 2 aromatic carbocycles. The van der Waals surface area contributed by atoms with Gasteiger partial charge in [0.1, 0.15) is 4.21 Å². The van der Waals surface area contributed by atoms with Crippen molar-refractivity contribution in [2.24, 2.45) is 0 Å². The van der Waals surface area contributed by atoms with E-state index in [4.69, 9.17) is 0 Å². The topological polar surface area (TPSA) is 75.3 Å². The fraction of sp³-hybridized carbons (Fsp3) is 0.0556. The number of thiophene rings is 1. The van der Waals surface area contributed by atoms with Crippen LogP contribution in [0.15, 0.2) is 81.2 Å². The maximum Gasteiger partial charge on any atom is 0.271 e. The maximum atomic E-state index is 12.2. The molecule has 26 heavy (non-hydrogen) atoms. The van der Waals surface area contributed by atoms with E-state index in [1.54, 1.807) is 41.8 Å². The Balaban J connectivity index is 1.54. The number of hydrogen-bond donors (Lipinski definition) is 2. The lowest BCUT2D eigenvalue weighted by molar-refractivity contribution is -0.113. The molecular formula is C18H16N2O3S3. The Bertz CT molecular complexity index is 955. The van der Waals surface area contributed by atoms with Crippen LogP contribution >= 0.6 is 23.1 Å². The van der Waals surface area contributed by atoms with E-state index in [9.17, 15) is 13.2 Å². The molecule has 0 fully saturated rings. The molecule has 1 amide bonds. The third-order valence-electron chi connectivity index (χ3n) is 3.29. The number of anilines is 2. The van der Waals surface area contributed by atoms with Gasteiger partial charge >= 0.3 is 0 Å². The van der Waals surface area contributed by atoms with Crippen molar-refractivity contribution in [2.75, 3.05) is 15.8 Å². The molecule has 0 aliphatic heterocycles. The van der Waals surface area contributed by atoms with Crippen LogP contribution in [0, 0.1) is 0 Å². The van der Waals surface area contributed by atoms with Crippen molar-refractivity contribution < 1.29 is 13.2 Å². The van der Waals surface area contributed by atoms with E-state index < -0.39 is 10.0 Å². The number of benzene rings is 2. The first-order valence-corrected chi connectivity index (χ1v) is 11.0. The number of thioether (sulfide) groups is 1. The van der Waals surface area contributed by atoms with Crippen molar-refractivity contribution >= 4 is 50.4 Å². The van der Waals surface area contributed by atoms with E-state index in [-0.39, 0.29) is 15.9 Å². The molecule has 5 nitrogen and oxygen atoms in total. The normalized spacial score (nSPS) is 11.1. The quantitative estimate of drug-likeness (QED) is 0.577. The zero-order valence-corrected chi connectivity index (χ0v) is 16.0. The van der Waals surface area contributed by atoms with Gasteiger partial charge in [-0.25, -0.2) is 8.42 Å². The highest BCUT2D eigenvalue weighted by Gasteiger charge is 2.14. The lowest BCUT2D eigenvalue weighted by Gasteiger charge is -2.08. The van der Waals surface area contributed by atoms with Crippen LogP contribution in [0.25, 0.3) is 0 Å². The summed E-state index contributed by atoms with van der Waals surface area (Å²) < 4.78 is 27.2. The summed E-state index contributed by atoms with van der Waals surface area (Å²) in [6.07, 6.45) is 0. The summed E-state index contributed by atoms with van der Waals surface area (Å²) in [6.45, 7) is 0. The highest BCUT2D eigenvalue weighted by atomic mass is 32.2. The molecule has 0 aliphatic rings. The van der Waals surface area contributed by atoms with Gasteiger partial charge in [-0.3, -0.25) is 9.52 Å². The van der Waals surface area contributed by atoms with Crippen LogP contribution in [0.3, 0.4) is 0 Å². The molecule has 0 aliphatic carbocycles. The fourth-order valence-electron chi connectivity index (χ4n) is 2.11. The summed E-state index contributed by atoms with van der Waals surface area (Å²) in [7, 11) is -3.55. The van der Waals surface area contributed by atoms with Crippen LogP contribution in [0.1, 0.15) is 0 Å². The van der Waals surface area contributed by atoms with E-state index in [1.807, 2.05) is 30.3 Å². The average molecular weight is 405 g/mol. The molecule has 0 bridgehead atoms. The van der Waals surface area contributed by atoms with Crippen molar-refractivity contribution in [1.29, 1.82) is 0 Å². The molecule has 3 rings (SSSR count). The smallest absolute Gasteiger partial charge is 0.271 e. The van der Waals surface area contributed by atoms with Crippen LogP contribution in [0.2, 0.25) is 0 Å². The average Bonchev–Trinajstić information content (AvgIpc) is 3.17. The van der Waals surface area contributed by atoms with Crippen LogP contribution in [-0.2, 0) is 14.8 Å². The Morgan fingerprint density at radius 3 is 2.31 bits per heavy atom. The van der Waals surface area contributed by atoms with Gasteiger partial charge in [-0.2, -0.15) is 0 Å². The minimum Gasteiger partial charge on any atom is -0.325 e. The van der Waals surface area contributed by atoms with Crippen molar-refractivity contribution in [1.82, 2.24) is 0 Å². The van der Waals surface area contributed by atoms with Gasteiger partial charge in [0.05, 0.1) is 5.75 Å². The molecule has 0 unspecified atom stereocenters. The minimum absolute atomic E-state index is 0.0938. The lowest BCUT2D eigenvalue weighted by atomic mass is 10.3. The van der Waals surface area contributed by atoms with Gasteiger partial charge in [0.15, 0.2) is 0 Å². The largest absolute Gasteiger partial charge is 0.325 e. The first-order chi connectivity index (χ1) is 12.5. The van der Waals surface area contributed by atoms with Gasteiger partial charge in [0, 0.05) is 16.3 Å². The third kappa shape index (κ3) is 5.10. The number of carbonyl (C=O) groups is 1. The Morgan fingerprint density at radius 1 is 0.923 bits per heavy atom. The summed E-state index contributed by atoms with van der Waals surface area (Å²) in [6, 6.07) is 19.5. The van der Waals surface area contributed by atoms with Gasteiger partial charge in [-0.15, -0.1) is 23.1 Å². The van der Waals surface area contributed by atoms with Gasteiger partial charge in [0.2, 0.25) is 5.91 Å². The predicted octanol–water partition coefficient (Wildman–Crippen LogP) is 4.28. The molecule has 0 saturated carbocycles. The Labute approximate surface area is 160 Å². The highest BCUT2D eigenvalue weighted by molar-refractivity contribution is 8.00. The third-order valence-corrected chi connectivity index (χ3v) is 7.08. The number of hydrogen-bond acceptors (Lipinski definition) is 5. The second kappa shape index (κ2) is 8.39. The van der Waals surface area contributed by atoms with E-state index in [1.165, 1.54) is 23.1 Å². The highest BCUT2D eigenvalue weighted by Crippen LogP contribution is 2.23. The van der Waals surface area contributed by atoms with Crippen molar-refractivity contribution in [3.63, 3.8) is 0 Å². The lowest BCUT2D eigenvalue weighted by Crippen LogP contribution is -2.13. The number of amides is 1. The SMILES string of the molecule is O=C(CSc1ccc(NS(=O)(=O)c2cccs2)cc1)Nc1ccccc1. The van der Waals surface area contributed by atoms with E-state index in [2.05, 4.69) is 10.0 Å². The standard InChI is InChI=1S/C18H16N2O3S3/c21-17(19-14-5-2-1-3-6-14)13-25-16-10-8-15(9-11-16)20-26(22,23)18-7-4-12-24-18/h1-12,20H,13H2,(H,19,21). The summed E-state index contributed by atoms with van der Waals surface area (Å²) in [5.74, 6) is 0.179. The zero-order valence-electron chi connectivity index (χ0n) is 13.6. The van der Waals surface area contributed by atoms with Crippen molar-refractivity contribution in [3.8, 4) is 0 Å². The maximum absolute atomic E-state index is 12.2. The molecular weight excluding hydrogens is 388 g/mol. The van der Waals surface area contributed by atoms with Crippen LogP contribution in [-0.4, -0.2) is 20.1 Å². The van der Waals surface area contributed by atoms with Gasteiger partial charge < -0.3 is 5.32 Å². The number of rotatable bonds is 7. The summed E-state index contributed by atoms with van der Waals surface area (Å²) in [5, 5.41) is 4.54. The predicted molar refractivity (Wildman–Crippen MR) is 107 cm³/mol. The van der Waals surface area contributed by atoms with Gasteiger partial charge in [-0.1, -0.05) is 24.3 Å². The first kappa shape index (κ1) is 18.5. The fourth-order valence-corrected chi connectivity index (χ4v) is 4.86. The summed E-state index contributed by atoms with van der Waals surface area (Å²) >= 11 is 2.55. The zero-order chi connectivity index (χ0) is 18.4. The monoisotopic (exact) mass is 404 g/mol. The molecule has 134 valence electrons. The number of sulfonamides is 1. The molecule has 1 aromatic heterocycles. The minimum atomic E-state index is -3.55. The molecule has 0 atom stereocenters. The number of para-hydroxylation sites is 1. The molecule has 0 spiro atoms. The van der Waals surface area contributed by atoms with Crippen molar-refractivity contribution in [3.05, 3.63) is 72.1 Å². The molecule has 2 N–H and O–H groups in total. The van der Waals surface area contributed by atoms with Crippen LogP contribution in [0.5, 0.6) is 0 Å². The molecule has 0 saturated heterocycles. The van der Waals surface area contributed by atoms with E-state index >= 15 is 0 Å². The van der Waals surface area contributed by atoms with Crippen LogP contribution < -0.4 is 10.0 Å². The van der Waals surface area contributed by atoms with Gasteiger partial charge in [0.25, 0.3) is 10.0 Å². The summed E-state index contributed by atoms with van der Waals surface area (Å²) in [4.78, 5) is 12.8. The van der Waals surface area contributed by atoms with E-state index in [0.29, 0.717) is 5.69 Å². The Kier molecular flexibility index (Phi) is 5.97. The van der Waals surface area contributed by atoms with Crippen LogP contribution in [0.4, 0.5) is 11.4 Å². The first-order valence-electron chi connectivity index (χ1n) is 7.67.